The van der Waals surface area contributed by atoms with Crippen LogP contribution in [-0.2, 0) is 16.4 Å². The fourth-order valence-electron chi connectivity index (χ4n) is 2.87. The van der Waals surface area contributed by atoms with Gasteiger partial charge in [0, 0.05) is 18.9 Å². The molecule has 0 spiro atoms. The van der Waals surface area contributed by atoms with Gasteiger partial charge >= 0.3 is 0 Å². The highest BCUT2D eigenvalue weighted by molar-refractivity contribution is 7.89. The van der Waals surface area contributed by atoms with Crippen molar-refractivity contribution in [3.63, 3.8) is 0 Å². The number of piperidine rings is 1. The number of ether oxygens (including phenoxy) is 1. The number of nitrogens with zero attached hydrogens (tertiary/aromatic N) is 2. The number of benzene rings is 1. The summed E-state index contributed by atoms with van der Waals surface area (Å²) < 4.78 is 33.1. The summed E-state index contributed by atoms with van der Waals surface area (Å²) in [6, 6.07) is 10.7. The fourth-order valence-corrected chi connectivity index (χ4v) is 4.39. The highest BCUT2D eigenvalue weighted by Crippen LogP contribution is 2.23. The van der Waals surface area contributed by atoms with E-state index in [9.17, 15) is 8.42 Å². The highest BCUT2D eigenvalue weighted by Gasteiger charge is 2.31. The molecule has 24 heavy (non-hydrogen) atoms. The number of rotatable bonds is 5. The molecule has 0 bridgehead atoms. The molecule has 0 amide bonds. The first-order chi connectivity index (χ1) is 11.6. The zero-order chi connectivity index (χ0) is 17.0. The van der Waals surface area contributed by atoms with Crippen LogP contribution in [-0.4, -0.2) is 36.9 Å². The first kappa shape index (κ1) is 16.9. The van der Waals surface area contributed by atoms with Gasteiger partial charge in [-0.3, -0.25) is 4.98 Å². The number of pyridine rings is 1. The Morgan fingerprint density at radius 2 is 1.88 bits per heavy atom. The molecular formula is C18H22N2O3S. The summed E-state index contributed by atoms with van der Waals surface area (Å²) in [7, 11) is -3.47. The van der Waals surface area contributed by atoms with Crippen LogP contribution >= 0.6 is 0 Å². The van der Waals surface area contributed by atoms with E-state index in [2.05, 4.69) is 11.9 Å². The molecule has 1 fully saturated rings. The van der Waals surface area contributed by atoms with Gasteiger partial charge in [0.05, 0.1) is 11.4 Å². The Bertz CT molecular complexity index is 761. The maximum absolute atomic E-state index is 12.8. The number of aromatic nitrogens is 1. The first-order valence-electron chi connectivity index (χ1n) is 8.25. The predicted molar refractivity (Wildman–Crippen MR) is 92.5 cm³/mol. The average molecular weight is 346 g/mol. The molecule has 1 unspecified atom stereocenters. The van der Waals surface area contributed by atoms with Crippen LogP contribution in [0.15, 0.2) is 53.7 Å². The van der Waals surface area contributed by atoms with Gasteiger partial charge in [0.25, 0.3) is 0 Å². The van der Waals surface area contributed by atoms with E-state index in [-0.39, 0.29) is 6.10 Å². The second-order valence-corrected chi connectivity index (χ2v) is 7.86. The Morgan fingerprint density at radius 3 is 2.54 bits per heavy atom. The van der Waals surface area contributed by atoms with E-state index in [4.69, 9.17) is 4.74 Å². The fraction of sp³-hybridized carbons (Fsp3) is 0.389. The van der Waals surface area contributed by atoms with Crippen molar-refractivity contribution in [1.82, 2.24) is 9.29 Å². The van der Waals surface area contributed by atoms with Gasteiger partial charge in [-0.2, -0.15) is 4.31 Å². The van der Waals surface area contributed by atoms with Crippen molar-refractivity contribution >= 4 is 10.0 Å². The Morgan fingerprint density at radius 1 is 1.17 bits per heavy atom. The van der Waals surface area contributed by atoms with Crippen molar-refractivity contribution in [3.8, 4) is 5.75 Å². The van der Waals surface area contributed by atoms with Crippen molar-refractivity contribution in [2.45, 2.75) is 37.2 Å². The van der Waals surface area contributed by atoms with Crippen molar-refractivity contribution in [3.05, 3.63) is 54.4 Å². The van der Waals surface area contributed by atoms with E-state index in [0.29, 0.717) is 18.0 Å². The molecule has 3 rings (SSSR count). The van der Waals surface area contributed by atoms with Gasteiger partial charge in [-0.1, -0.05) is 19.1 Å². The quantitative estimate of drug-likeness (QED) is 0.835. The molecule has 5 nitrogen and oxygen atoms in total. The van der Waals surface area contributed by atoms with Crippen molar-refractivity contribution in [2.24, 2.45) is 0 Å². The van der Waals surface area contributed by atoms with Gasteiger partial charge in [-0.15, -0.1) is 0 Å². The molecule has 1 aromatic carbocycles. The Hall–Kier alpha value is -1.92. The maximum atomic E-state index is 12.8. The molecular weight excluding hydrogens is 324 g/mol. The van der Waals surface area contributed by atoms with Gasteiger partial charge in [-0.05, 0) is 49.1 Å². The predicted octanol–water partition coefficient (Wildman–Crippen LogP) is 2.88. The van der Waals surface area contributed by atoms with Crippen LogP contribution in [0.2, 0.25) is 0 Å². The lowest BCUT2D eigenvalue weighted by Gasteiger charge is -2.32. The van der Waals surface area contributed by atoms with Crippen molar-refractivity contribution in [2.75, 3.05) is 13.1 Å². The molecule has 2 aromatic rings. The Balaban J connectivity index is 1.73. The standard InChI is InChI=1S/C18H22N2O3S/c1-2-15-5-7-18(8-6-15)24(21,22)20-13-3-4-17(14-20)23-16-9-11-19-12-10-16/h5-12,17H,2-4,13-14H2,1H3. The van der Waals surface area contributed by atoms with Crippen LogP contribution in [0.5, 0.6) is 5.75 Å². The molecule has 0 saturated carbocycles. The third kappa shape index (κ3) is 3.76. The number of aryl methyl sites for hydroxylation is 1. The van der Waals surface area contributed by atoms with E-state index >= 15 is 0 Å². The molecule has 0 aliphatic carbocycles. The second-order valence-electron chi connectivity index (χ2n) is 5.93. The highest BCUT2D eigenvalue weighted by atomic mass is 32.2. The lowest BCUT2D eigenvalue weighted by molar-refractivity contribution is 0.129. The van der Waals surface area contributed by atoms with Gasteiger partial charge < -0.3 is 4.74 Å². The lowest BCUT2D eigenvalue weighted by atomic mass is 10.1. The van der Waals surface area contributed by atoms with Gasteiger partial charge in [0.1, 0.15) is 11.9 Å². The number of hydrogen-bond acceptors (Lipinski definition) is 4. The van der Waals surface area contributed by atoms with E-state index in [1.165, 1.54) is 4.31 Å². The van der Waals surface area contributed by atoms with Crippen LogP contribution < -0.4 is 4.74 Å². The minimum absolute atomic E-state index is 0.133. The Labute approximate surface area is 143 Å². The van der Waals surface area contributed by atoms with E-state index in [1.54, 1.807) is 36.7 Å². The maximum Gasteiger partial charge on any atom is 0.243 e. The molecule has 1 aliphatic rings. The zero-order valence-electron chi connectivity index (χ0n) is 13.8. The minimum atomic E-state index is -3.47. The smallest absolute Gasteiger partial charge is 0.243 e. The molecule has 1 saturated heterocycles. The van der Waals surface area contributed by atoms with Crippen molar-refractivity contribution in [1.29, 1.82) is 0 Å². The molecule has 0 radical (unpaired) electrons. The van der Waals surface area contributed by atoms with E-state index < -0.39 is 10.0 Å². The lowest BCUT2D eigenvalue weighted by Crippen LogP contribution is -2.44. The Kier molecular flexibility index (Phi) is 5.16. The molecule has 1 atom stereocenters. The van der Waals surface area contributed by atoms with Gasteiger partial charge in [0.2, 0.25) is 10.0 Å². The van der Waals surface area contributed by atoms with Crippen LogP contribution in [0.3, 0.4) is 0 Å². The molecule has 2 heterocycles. The molecule has 1 aliphatic heterocycles. The largest absolute Gasteiger partial charge is 0.489 e. The summed E-state index contributed by atoms with van der Waals surface area (Å²) in [5.74, 6) is 0.724. The van der Waals surface area contributed by atoms with Gasteiger partial charge in [-0.25, -0.2) is 8.42 Å². The van der Waals surface area contributed by atoms with E-state index in [1.807, 2.05) is 12.1 Å². The summed E-state index contributed by atoms with van der Waals surface area (Å²) >= 11 is 0. The van der Waals surface area contributed by atoms with Crippen LogP contribution in [0.4, 0.5) is 0 Å². The third-order valence-corrected chi connectivity index (χ3v) is 6.14. The second kappa shape index (κ2) is 7.32. The monoisotopic (exact) mass is 346 g/mol. The van der Waals surface area contributed by atoms with Crippen LogP contribution in [0.1, 0.15) is 25.3 Å². The summed E-state index contributed by atoms with van der Waals surface area (Å²) in [5.41, 5.74) is 1.13. The minimum Gasteiger partial charge on any atom is -0.489 e. The summed E-state index contributed by atoms with van der Waals surface area (Å²) in [5, 5.41) is 0. The number of sulfonamides is 1. The van der Waals surface area contributed by atoms with Crippen LogP contribution in [0.25, 0.3) is 0 Å². The normalized spacial score (nSPS) is 19.1. The summed E-state index contributed by atoms with van der Waals surface area (Å²) in [4.78, 5) is 4.31. The molecule has 1 aromatic heterocycles. The summed E-state index contributed by atoms with van der Waals surface area (Å²) in [6.07, 6.45) is 5.74. The number of hydrogen-bond donors (Lipinski definition) is 0. The molecule has 128 valence electrons. The molecule has 0 N–H and O–H groups in total. The van der Waals surface area contributed by atoms with Crippen molar-refractivity contribution < 1.29 is 13.2 Å². The van der Waals surface area contributed by atoms with Crippen LogP contribution in [0, 0.1) is 0 Å². The molecule has 6 heteroatoms. The average Bonchev–Trinajstić information content (AvgIpc) is 2.63. The zero-order valence-corrected chi connectivity index (χ0v) is 14.6. The third-order valence-electron chi connectivity index (χ3n) is 4.26. The first-order valence-corrected chi connectivity index (χ1v) is 9.69. The topological polar surface area (TPSA) is 59.5 Å². The SMILES string of the molecule is CCc1ccc(S(=O)(=O)N2CCCC(Oc3ccncc3)C2)cc1. The van der Waals surface area contributed by atoms with Gasteiger partial charge in [0.15, 0.2) is 0 Å². The van der Waals surface area contributed by atoms with E-state index in [0.717, 1.165) is 30.6 Å². The summed E-state index contributed by atoms with van der Waals surface area (Å²) in [6.45, 7) is 2.96.